The second kappa shape index (κ2) is 16.0. The summed E-state index contributed by atoms with van der Waals surface area (Å²) >= 11 is 0. The molecule has 0 fully saturated rings. The topological polar surface area (TPSA) is 127 Å². The summed E-state index contributed by atoms with van der Waals surface area (Å²) in [4.78, 5) is 32.3. The third-order valence-electron chi connectivity index (χ3n) is 5.23. The molecule has 0 heterocycles. The molecule has 31 heavy (non-hydrogen) atoms. The Bertz CT molecular complexity index is 696. The molecule has 9 heteroatoms. The number of nitro benzene ring substituents is 2. The molecule has 1 amide bonds. The Hall–Kier alpha value is -2.71. The number of nitrogens with one attached hydrogen (secondary N) is 2. The third-order valence-corrected chi connectivity index (χ3v) is 5.23. The van der Waals surface area contributed by atoms with Crippen LogP contribution in [0.3, 0.4) is 0 Å². The summed E-state index contributed by atoms with van der Waals surface area (Å²) < 4.78 is 0. The van der Waals surface area contributed by atoms with Gasteiger partial charge in [-0.15, -0.1) is 0 Å². The first-order chi connectivity index (χ1) is 15.0. The van der Waals surface area contributed by atoms with E-state index in [1.807, 2.05) is 0 Å². The van der Waals surface area contributed by atoms with Gasteiger partial charge >= 0.3 is 5.69 Å². The Morgan fingerprint density at radius 1 is 0.806 bits per heavy atom. The summed E-state index contributed by atoms with van der Waals surface area (Å²) in [7, 11) is 0. The van der Waals surface area contributed by atoms with E-state index >= 15 is 0 Å². The van der Waals surface area contributed by atoms with Gasteiger partial charge in [0.2, 0.25) is 5.91 Å². The predicted molar refractivity (Wildman–Crippen MR) is 122 cm³/mol. The Labute approximate surface area is 184 Å². The van der Waals surface area contributed by atoms with Gasteiger partial charge in [-0.1, -0.05) is 84.0 Å². The molecule has 0 aromatic heterocycles. The van der Waals surface area contributed by atoms with Gasteiger partial charge < -0.3 is 0 Å². The molecule has 0 aliphatic rings. The van der Waals surface area contributed by atoms with Crippen LogP contribution in [0, 0.1) is 20.2 Å². The van der Waals surface area contributed by atoms with Crippen LogP contribution in [0.25, 0.3) is 0 Å². The van der Waals surface area contributed by atoms with E-state index in [9.17, 15) is 25.0 Å². The van der Waals surface area contributed by atoms with Crippen molar-refractivity contribution >= 4 is 23.0 Å². The molecule has 0 aliphatic heterocycles. The Kier molecular flexibility index (Phi) is 13.6. The maximum absolute atomic E-state index is 11.9. The second-order valence-electron chi connectivity index (χ2n) is 7.88. The van der Waals surface area contributed by atoms with Crippen LogP contribution >= 0.6 is 0 Å². The number of hydrogen-bond acceptors (Lipinski definition) is 6. The molecule has 0 saturated carbocycles. The smallest absolute Gasteiger partial charge is 0.292 e. The molecule has 1 aromatic carbocycles. The first-order valence-electron chi connectivity index (χ1n) is 11.4. The van der Waals surface area contributed by atoms with Gasteiger partial charge in [0.15, 0.2) is 0 Å². The van der Waals surface area contributed by atoms with Crippen molar-refractivity contribution in [2.24, 2.45) is 0 Å². The largest absolute Gasteiger partial charge is 0.300 e. The van der Waals surface area contributed by atoms with Crippen molar-refractivity contribution in [3.63, 3.8) is 0 Å². The molecule has 1 rings (SSSR count). The van der Waals surface area contributed by atoms with Gasteiger partial charge in [0, 0.05) is 12.5 Å². The van der Waals surface area contributed by atoms with Crippen LogP contribution in [-0.4, -0.2) is 15.8 Å². The summed E-state index contributed by atoms with van der Waals surface area (Å²) in [5.41, 5.74) is 4.08. The van der Waals surface area contributed by atoms with E-state index < -0.39 is 15.5 Å². The third kappa shape index (κ3) is 11.9. The maximum atomic E-state index is 11.9. The fourth-order valence-electron chi connectivity index (χ4n) is 3.39. The number of anilines is 1. The number of rotatable bonds is 18. The molecular weight excluding hydrogens is 400 g/mol. The lowest BCUT2D eigenvalue weighted by molar-refractivity contribution is -0.393. The van der Waals surface area contributed by atoms with Gasteiger partial charge in [0.25, 0.3) is 5.69 Å². The molecule has 1 aromatic rings. The highest BCUT2D eigenvalue weighted by Crippen LogP contribution is 2.28. The minimum atomic E-state index is -0.728. The molecule has 0 spiro atoms. The van der Waals surface area contributed by atoms with E-state index in [4.69, 9.17) is 0 Å². The molecular formula is C22H36N4O5. The van der Waals surface area contributed by atoms with Crippen LogP contribution in [0.15, 0.2) is 18.2 Å². The van der Waals surface area contributed by atoms with Gasteiger partial charge in [0.1, 0.15) is 5.69 Å². The van der Waals surface area contributed by atoms with E-state index in [1.54, 1.807) is 0 Å². The fraction of sp³-hybridized carbons (Fsp3) is 0.682. The number of amides is 1. The molecule has 2 N–H and O–H groups in total. The van der Waals surface area contributed by atoms with Crippen molar-refractivity contribution in [1.82, 2.24) is 5.43 Å². The molecule has 0 unspecified atom stereocenters. The highest BCUT2D eigenvalue weighted by Gasteiger charge is 2.19. The highest BCUT2D eigenvalue weighted by molar-refractivity contribution is 5.78. The fourth-order valence-corrected chi connectivity index (χ4v) is 3.39. The lowest BCUT2D eigenvalue weighted by atomic mass is 10.0. The van der Waals surface area contributed by atoms with Crippen LogP contribution in [-0.2, 0) is 4.79 Å². The van der Waals surface area contributed by atoms with Crippen molar-refractivity contribution < 1.29 is 14.6 Å². The Balaban J connectivity index is 2.10. The second-order valence-corrected chi connectivity index (χ2v) is 7.88. The predicted octanol–water partition coefficient (Wildman–Crippen LogP) is 6.43. The lowest BCUT2D eigenvalue weighted by Crippen LogP contribution is -2.29. The summed E-state index contributed by atoms with van der Waals surface area (Å²) in [6.07, 6.45) is 16.2. The van der Waals surface area contributed by atoms with E-state index in [2.05, 4.69) is 17.8 Å². The van der Waals surface area contributed by atoms with Crippen LogP contribution in [0.4, 0.5) is 17.1 Å². The molecule has 174 valence electrons. The maximum Gasteiger partial charge on any atom is 0.300 e. The highest BCUT2D eigenvalue weighted by atomic mass is 16.6. The first-order valence-corrected chi connectivity index (χ1v) is 11.4. The zero-order valence-corrected chi connectivity index (χ0v) is 18.6. The Morgan fingerprint density at radius 2 is 1.32 bits per heavy atom. The van der Waals surface area contributed by atoms with E-state index in [0.29, 0.717) is 6.42 Å². The monoisotopic (exact) mass is 436 g/mol. The van der Waals surface area contributed by atoms with Crippen molar-refractivity contribution in [3.8, 4) is 0 Å². The van der Waals surface area contributed by atoms with Gasteiger partial charge in [-0.05, 0) is 12.5 Å². The number of hydrogen-bond donors (Lipinski definition) is 2. The van der Waals surface area contributed by atoms with Crippen molar-refractivity contribution in [3.05, 3.63) is 38.4 Å². The number of non-ortho nitro benzene ring substituents is 1. The molecule has 0 atom stereocenters. The SMILES string of the molecule is CCCCCCCCCCCCCCCC(=O)NNc1ccc([N+](=O)[O-])cc1[N+](=O)[O-]. The summed E-state index contributed by atoms with van der Waals surface area (Å²) in [6, 6.07) is 3.22. The van der Waals surface area contributed by atoms with Crippen LogP contribution in [0.5, 0.6) is 0 Å². The molecule has 0 aliphatic carbocycles. The summed E-state index contributed by atoms with van der Waals surface area (Å²) in [5, 5.41) is 21.8. The van der Waals surface area contributed by atoms with Crippen molar-refractivity contribution in [1.29, 1.82) is 0 Å². The number of carbonyl (C=O) groups is 1. The minimum Gasteiger partial charge on any atom is -0.292 e. The van der Waals surface area contributed by atoms with Crippen LogP contribution < -0.4 is 10.9 Å². The summed E-state index contributed by atoms with van der Waals surface area (Å²) in [5.74, 6) is -0.268. The standard InChI is InChI=1S/C22H36N4O5/c1-2-3-4-5-6-7-8-9-10-11-12-13-14-15-22(27)24-23-20-17-16-19(25(28)29)18-21(20)26(30)31/h16-18,23H,2-15H2,1H3,(H,24,27). The van der Waals surface area contributed by atoms with E-state index in [1.165, 1.54) is 70.3 Å². The van der Waals surface area contributed by atoms with Crippen molar-refractivity contribution in [2.75, 3.05) is 5.43 Å². The quantitative estimate of drug-likeness (QED) is 0.155. The molecule has 9 nitrogen and oxygen atoms in total. The minimum absolute atomic E-state index is 0.00862. The number of unbranched alkanes of at least 4 members (excludes halogenated alkanes) is 12. The van der Waals surface area contributed by atoms with Gasteiger partial charge in [-0.25, -0.2) is 0 Å². The zero-order valence-electron chi connectivity index (χ0n) is 18.6. The number of nitrogens with zero attached hydrogens (tertiary/aromatic N) is 2. The average molecular weight is 437 g/mol. The normalized spacial score (nSPS) is 10.6. The van der Waals surface area contributed by atoms with E-state index in [0.717, 1.165) is 31.4 Å². The van der Waals surface area contributed by atoms with Crippen molar-refractivity contribution in [2.45, 2.75) is 96.8 Å². The van der Waals surface area contributed by atoms with E-state index in [-0.39, 0.29) is 17.3 Å². The van der Waals surface area contributed by atoms with Crippen LogP contribution in [0.2, 0.25) is 0 Å². The molecule has 0 radical (unpaired) electrons. The Morgan fingerprint density at radius 3 is 1.81 bits per heavy atom. The molecule has 0 saturated heterocycles. The van der Waals surface area contributed by atoms with Gasteiger partial charge in [-0.2, -0.15) is 0 Å². The number of hydrazine groups is 1. The average Bonchev–Trinajstić information content (AvgIpc) is 2.75. The number of nitro groups is 2. The summed E-state index contributed by atoms with van der Waals surface area (Å²) in [6.45, 7) is 2.24. The number of carbonyl (C=O) groups excluding carboxylic acids is 1. The first kappa shape index (κ1) is 26.3. The number of benzene rings is 1. The van der Waals surface area contributed by atoms with Gasteiger partial charge in [-0.3, -0.25) is 35.9 Å². The lowest BCUT2D eigenvalue weighted by Gasteiger charge is -2.09. The van der Waals surface area contributed by atoms with Crippen LogP contribution in [0.1, 0.15) is 96.8 Å². The van der Waals surface area contributed by atoms with Gasteiger partial charge in [0.05, 0.1) is 15.9 Å². The zero-order chi connectivity index (χ0) is 22.9. The molecule has 0 bridgehead atoms.